The smallest absolute Gasteiger partial charge is 1.00 e. The molecule has 0 aliphatic carbocycles. The molecule has 0 atom stereocenters. The maximum atomic E-state index is 10.9. The summed E-state index contributed by atoms with van der Waals surface area (Å²) in [7, 11) is -4.06. The molecule has 0 spiro atoms. The molecule has 0 radical (unpaired) electrons. The van der Waals surface area contributed by atoms with E-state index in [2.05, 4.69) is 0 Å². The van der Waals surface area contributed by atoms with E-state index in [4.69, 9.17) is 9.29 Å². The van der Waals surface area contributed by atoms with E-state index < -0.39 is 15.9 Å². The average molecular weight is 302 g/mol. The van der Waals surface area contributed by atoms with Crippen LogP contribution in [0.1, 0.15) is 12.6 Å². The van der Waals surface area contributed by atoms with E-state index in [9.17, 15) is 8.42 Å². The Morgan fingerprint density at radius 3 is 2.25 bits per heavy atom. The molecule has 0 fully saturated rings. The topological polar surface area (TPSA) is 63.6 Å². The Morgan fingerprint density at radius 1 is 1.00 bits per heavy atom. The summed E-state index contributed by atoms with van der Waals surface area (Å²) >= 11 is 0. The van der Waals surface area contributed by atoms with Gasteiger partial charge in [0, 0.05) is 5.56 Å². The second-order valence-corrected chi connectivity index (χ2v) is 5.56. The van der Waals surface area contributed by atoms with Crippen molar-refractivity contribution in [3.05, 3.63) is 65.7 Å². The van der Waals surface area contributed by atoms with Crippen molar-refractivity contribution in [1.82, 2.24) is 0 Å². The second kappa shape index (κ2) is 7.81. The summed E-state index contributed by atoms with van der Waals surface area (Å²) in [4.78, 5) is 0. The molecule has 0 bridgehead atoms. The third-order valence-electron chi connectivity index (χ3n) is 2.55. The molecular formula is C14H15NaO4S. The van der Waals surface area contributed by atoms with Crippen molar-refractivity contribution >= 4 is 10.1 Å². The average Bonchev–Trinajstić information content (AvgIpc) is 2.37. The van der Waals surface area contributed by atoms with Gasteiger partial charge in [0.1, 0.15) is 18.1 Å². The summed E-state index contributed by atoms with van der Waals surface area (Å²) in [6.45, 7) is 0.351. The fourth-order valence-corrected chi connectivity index (χ4v) is 2.33. The number of rotatable bonds is 5. The fourth-order valence-electron chi connectivity index (χ4n) is 1.70. The first kappa shape index (κ1) is 17.2. The van der Waals surface area contributed by atoms with E-state index in [1.165, 1.54) is 0 Å². The zero-order valence-electron chi connectivity index (χ0n) is 12.2. The molecule has 0 aromatic heterocycles. The van der Waals surface area contributed by atoms with E-state index in [0.717, 1.165) is 5.56 Å². The Labute approximate surface area is 142 Å². The molecule has 2 rings (SSSR count). The van der Waals surface area contributed by atoms with Gasteiger partial charge in [0.2, 0.25) is 0 Å². The van der Waals surface area contributed by atoms with E-state index >= 15 is 0 Å². The Morgan fingerprint density at radius 2 is 1.60 bits per heavy atom. The number of benzene rings is 2. The van der Waals surface area contributed by atoms with Gasteiger partial charge in [-0.05, 0) is 11.6 Å². The van der Waals surface area contributed by atoms with Crippen LogP contribution in [0.25, 0.3) is 0 Å². The van der Waals surface area contributed by atoms with Crippen LogP contribution in [-0.4, -0.2) is 13.0 Å². The molecule has 0 unspecified atom stereocenters. The van der Waals surface area contributed by atoms with Gasteiger partial charge in [-0.3, -0.25) is 4.55 Å². The maximum Gasteiger partial charge on any atom is 1.00 e. The van der Waals surface area contributed by atoms with Crippen molar-refractivity contribution < 1.29 is 48.7 Å². The van der Waals surface area contributed by atoms with Gasteiger partial charge in [-0.25, -0.2) is 0 Å². The summed E-state index contributed by atoms with van der Waals surface area (Å²) in [6, 6.07) is 16.3. The molecule has 4 nitrogen and oxygen atoms in total. The molecule has 0 saturated heterocycles. The number of hydrogen-bond acceptors (Lipinski definition) is 3. The first-order valence-electron chi connectivity index (χ1n) is 5.74. The van der Waals surface area contributed by atoms with Crippen molar-refractivity contribution in [2.24, 2.45) is 0 Å². The Bertz CT molecular complexity index is 647. The van der Waals surface area contributed by atoms with Gasteiger partial charge in [0.25, 0.3) is 10.1 Å². The normalized spacial score (nSPS) is 10.7. The predicted octanol–water partition coefficient (Wildman–Crippen LogP) is -0.230. The first-order chi connectivity index (χ1) is 9.04. The zero-order valence-corrected chi connectivity index (χ0v) is 14.0. The van der Waals surface area contributed by atoms with Crippen molar-refractivity contribution in [2.45, 2.75) is 12.4 Å². The summed E-state index contributed by atoms with van der Waals surface area (Å²) in [5.74, 6) is 0.0156. The second-order valence-electron chi connectivity index (χ2n) is 4.11. The minimum absolute atomic E-state index is 0. The van der Waals surface area contributed by atoms with Crippen LogP contribution in [0.15, 0.2) is 54.6 Å². The molecule has 20 heavy (non-hydrogen) atoms. The van der Waals surface area contributed by atoms with E-state index in [0.29, 0.717) is 17.9 Å². The van der Waals surface area contributed by atoms with E-state index in [1.807, 2.05) is 30.3 Å². The zero-order chi connectivity index (χ0) is 13.7. The quantitative estimate of drug-likeness (QED) is 0.612. The minimum atomic E-state index is -4.06. The summed E-state index contributed by atoms with van der Waals surface area (Å²) in [6.07, 6.45) is 0. The molecule has 0 aliphatic heterocycles. The molecule has 0 aliphatic rings. The van der Waals surface area contributed by atoms with Gasteiger partial charge >= 0.3 is 29.6 Å². The van der Waals surface area contributed by atoms with Crippen LogP contribution in [0.2, 0.25) is 0 Å². The van der Waals surface area contributed by atoms with Gasteiger partial charge in [-0.1, -0.05) is 48.5 Å². The largest absolute Gasteiger partial charge is 1.00 e. The summed E-state index contributed by atoms with van der Waals surface area (Å²) in [5.41, 5.74) is 1.44. The monoisotopic (exact) mass is 302 g/mol. The minimum Gasteiger partial charge on any atom is -1.00 e. The molecule has 0 amide bonds. The van der Waals surface area contributed by atoms with Gasteiger partial charge in [-0.2, -0.15) is 8.42 Å². The van der Waals surface area contributed by atoms with Gasteiger partial charge in [0.15, 0.2) is 0 Å². The van der Waals surface area contributed by atoms with Crippen LogP contribution in [0.3, 0.4) is 0 Å². The molecule has 2 aromatic carbocycles. The molecule has 102 valence electrons. The van der Waals surface area contributed by atoms with Crippen LogP contribution in [0.5, 0.6) is 5.75 Å². The van der Waals surface area contributed by atoms with Crippen LogP contribution < -0.4 is 34.3 Å². The summed E-state index contributed by atoms with van der Waals surface area (Å²) < 4.78 is 36.3. The standard InChI is InChI=1S/C14H14O4S.Na.H/c15-19(16,17)11-13-8-4-5-9-14(13)18-10-12-6-2-1-3-7-12;;/h1-9H,10-11H2,(H,15,16,17);;/q;+1;-1. The molecule has 0 saturated carbocycles. The molecule has 0 heterocycles. The van der Waals surface area contributed by atoms with Crippen molar-refractivity contribution in [3.8, 4) is 5.75 Å². The first-order valence-corrected chi connectivity index (χ1v) is 7.35. The SMILES string of the molecule is O=S(=O)(O)Cc1ccccc1OCc1ccccc1.[H-].[Na+]. The van der Waals surface area contributed by atoms with Crippen LogP contribution in [0.4, 0.5) is 0 Å². The van der Waals surface area contributed by atoms with Crippen molar-refractivity contribution in [2.75, 3.05) is 0 Å². The van der Waals surface area contributed by atoms with Gasteiger partial charge in [0.05, 0.1) is 0 Å². The van der Waals surface area contributed by atoms with Crippen LogP contribution >= 0.6 is 0 Å². The van der Waals surface area contributed by atoms with E-state index in [1.54, 1.807) is 24.3 Å². The van der Waals surface area contributed by atoms with Crippen molar-refractivity contribution in [3.63, 3.8) is 0 Å². The fraction of sp³-hybridized carbons (Fsp3) is 0.143. The van der Waals surface area contributed by atoms with Crippen LogP contribution in [0, 0.1) is 0 Å². The molecule has 6 heteroatoms. The predicted molar refractivity (Wildman–Crippen MR) is 73.6 cm³/mol. The number of ether oxygens (including phenoxy) is 1. The Balaban J connectivity index is 0.00000200. The molecular weight excluding hydrogens is 287 g/mol. The van der Waals surface area contributed by atoms with Gasteiger partial charge in [-0.15, -0.1) is 0 Å². The van der Waals surface area contributed by atoms with E-state index in [-0.39, 0.29) is 31.0 Å². The summed E-state index contributed by atoms with van der Waals surface area (Å²) in [5, 5.41) is 0. The molecule has 1 N–H and O–H groups in total. The number of hydrogen-bond donors (Lipinski definition) is 1. The van der Waals surface area contributed by atoms with Crippen LogP contribution in [-0.2, 0) is 22.5 Å². The van der Waals surface area contributed by atoms with Crippen molar-refractivity contribution in [1.29, 1.82) is 0 Å². The Kier molecular flexibility index (Phi) is 6.71. The molecule has 2 aromatic rings. The Hall–Kier alpha value is -0.850. The number of para-hydroxylation sites is 1. The maximum absolute atomic E-state index is 10.9. The third-order valence-corrected chi connectivity index (χ3v) is 3.22. The third kappa shape index (κ3) is 5.64. The van der Waals surface area contributed by atoms with Gasteiger partial charge < -0.3 is 6.16 Å².